The molecule has 0 unspecified atom stereocenters. The Kier molecular flexibility index (Phi) is 7.16. The van der Waals surface area contributed by atoms with E-state index in [9.17, 15) is 4.79 Å². The number of nitrogens with zero attached hydrogens (tertiary/aromatic N) is 3. The fraction of sp³-hybridized carbons (Fsp3) is 0.308. The topological polar surface area (TPSA) is 63.1 Å². The number of fused-ring (bicyclic) bond motifs is 1. The van der Waals surface area contributed by atoms with Crippen molar-refractivity contribution in [3.8, 4) is 11.1 Å². The van der Waals surface area contributed by atoms with Gasteiger partial charge in [0.2, 0.25) is 0 Å². The monoisotopic (exact) mass is 464 g/mol. The summed E-state index contributed by atoms with van der Waals surface area (Å²) in [5.74, 6) is 0. The third kappa shape index (κ3) is 5.13. The molecule has 0 spiro atoms. The van der Waals surface area contributed by atoms with Gasteiger partial charge in [-0.2, -0.15) is 0 Å². The van der Waals surface area contributed by atoms with Crippen molar-refractivity contribution in [1.82, 2.24) is 14.5 Å². The number of hydrogen-bond donors (Lipinski definition) is 1. The molecule has 1 saturated heterocycles. The Balaban J connectivity index is 0.00000126. The third-order valence-corrected chi connectivity index (χ3v) is 5.87. The minimum Gasteiger partial charge on any atom is -0.378 e. The van der Waals surface area contributed by atoms with E-state index in [1.54, 1.807) is 10.6 Å². The first-order valence-corrected chi connectivity index (χ1v) is 11.7. The van der Waals surface area contributed by atoms with Crippen molar-refractivity contribution < 1.29 is 4.74 Å². The van der Waals surface area contributed by atoms with E-state index in [2.05, 4.69) is 20.9 Å². The number of anilines is 1. The Morgan fingerprint density at radius 3 is 2.64 bits per heavy atom. The second-order valence-electron chi connectivity index (χ2n) is 7.91. The number of H-pyrrole nitrogens is 1. The van der Waals surface area contributed by atoms with Crippen molar-refractivity contribution in [1.29, 1.82) is 0 Å². The highest BCUT2D eigenvalue weighted by Crippen LogP contribution is 2.30. The standard InChI is InChI=1S/C24H23ClN4O2.C2H6/c1-16-8-17(10-19(25)9-16)15-29-3-2-18(11-23(29)30)22-14-27-24-21(22)12-20(13-26-24)28-4-6-31-7-5-28;1-2/h2-3,8-14H,4-7,15H2,1H3,(H,26,27);1-2H3. The number of ether oxygens (including phenoxy) is 1. The normalized spacial score (nSPS) is 13.6. The lowest BCUT2D eigenvalue weighted by Crippen LogP contribution is -2.36. The Morgan fingerprint density at radius 1 is 1.12 bits per heavy atom. The van der Waals surface area contributed by atoms with Crippen LogP contribution < -0.4 is 10.5 Å². The summed E-state index contributed by atoms with van der Waals surface area (Å²) >= 11 is 6.17. The predicted molar refractivity (Wildman–Crippen MR) is 135 cm³/mol. The van der Waals surface area contributed by atoms with E-state index >= 15 is 0 Å². The first-order chi connectivity index (χ1) is 16.1. The molecule has 0 saturated carbocycles. The summed E-state index contributed by atoms with van der Waals surface area (Å²) in [6.45, 7) is 9.64. The molecule has 0 aliphatic carbocycles. The van der Waals surface area contributed by atoms with Gasteiger partial charge in [-0.1, -0.05) is 31.5 Å². The number of pyridine rings is 2. The molecule has 0 amide bonds. The summed E-state index contributed by atoms with van der Waals surface area (Å²) in [5.41, 5.74) is 5.76. The Hall–Kier alpha value is -3.09. The van der Waals surface area contributed by atoms with E-state index in [1.807, 2.05) is 63.6 Å². The molecule has 0 radical (unpaired) electrons. The molecule has 4 heterocycles. The van der Waals surface area contributed by atoms with Gasteiger partial charge in [0, 0.05) is 47.5 Å². The van der Waals surface area contributed by atoms with E-state index in [4.69, 9.17) is 16.3 Å². The number of halogens is 1. The predicted octanol–water partition coefficient (Wildman–Crippen LogP) is 5.26. The van der Waals surface area contributed by atoms with E-state index in [1.165, 1.54) is 0 Å². The fourth-order valence-electron chi connectivity index (χ4n) is 4.13. The van der Waals surface area contributed by atoms with Crippen LogP contribution in [-0.2, 0) is 11.3 Å². The Labute approximate surface area is 198 Å². The highest BCUT2D eigenvalue weighted by Gasteiger charge is 2.15. The lowest BCUT2D eigenvalue weighted by molar-refractivity contribution is 0.122. The lowest BCUT2D eigenvalue weighted by Gasteiger charge is -2.28. The quantitative estimate of drug-likeness (QED) is 0.447. The van der Waals surface area contributed by atoms with Crippen LogP contribution in [0.15, 0.2) is 59.8 Å². The smallest absolute Gasteiger partial charge is 0.251 e. The zero-order chi connectivity index (χ0) is 23.4. The van der Waals surface area contributed by atoms with Crippen molar-refractivity contribution in [2.75, 3.05) is 31.2 Å². The minimum atomic E-state index is -0.0539. The van der Waals surface area contributed by atoms with Crippen LogP contribution in [0.4, 0.5) is 5.69 Å². The molecule has 1 fully saturated rings. The van der Waals surface area contributed by atoms with E-state index in [-0.39, 0.29) is 5.56 Å². The molecule has 5 rings (SSSR count). The van der Waals surface area contributed by atoms with E-state index < -0.39 is 0 Å². The molecule has 172 valence electrons. The second-order valence-corrected chi connectivity index (χ2v) is 8.35. The molecule has 7 heteroatoms. The van der Waals surface area contributed by atoms with Crippen molar-refractivity contribution in [2.45, 2.75) is 27.3 Å². The van der Waals surface area contributed by atoms with Gasteiger partial charge in [-0.25, -0.2) is 4.98 Å². The maximum absolute atomic E-state index is 12.8. The van der Waals surface area contributed by atoms with Crippen molar-refractivity contribution >= 4 is 28.3 Å². The van der Waals surface area contributed by atoms with Gasteiger partial charge >= 0.3 is 0 Å². The average molecular weight is 465 g/mol. The van der Waals surface area contributed by atoms with E-state index in [0.717, 1.165) is 65.3 Å². The molecule has 6 nitrogen and oxygen atoms in total. The molecule has 33 heavy (non-hydrogen) atoms. The molecule has 1 aromatic carbocycles. The number of benzene rings is 1. The zero-order valence-electron chi connectivity index (χ0n) is 19.3. The molecular formula is C26H29ClN4O2. The van der Waals surface area contributed by atoms with Crippen molar-refractivity contribution in [3.63, 3.8) is 0 Å². The summed E-state index contributed by atoms with van der Waals surface area (Å²) in [5, 5.41) is 1.69. The highest BCUT2D eigenvalue weighted by atomic mass is 35.5. The van der Waals surface area contributed by atoms with Crippen LogP contribution in [0.1, 0.15) is 25.0 Å². The fourth-order valence-corrected chi connectivity index (χ4v) is 4.44. The van der Waals surface area contributed by atoms with Gasteiger partial charge in [-0.15, -0.1) is 0 Å². The number of morpholine rings is 1. The molecular weight excluding hydrogens is 436 g/mol. The minimum absolute atomic E-state index is 0.0539. The van der Waals surface area contributed by atoms with Crippen LogP contribution in [0.3, 0.4) is 0 Å². The summed E-state index contributed by atoms with van der Waals surface area (Å²) in [4.78, 5) is 22.9. The number of aryl methyl sites for hydroxylation is 1. The van der Waals surface area contributed by atoms with Crippen LogP contribution in [0.5, 0.6) is 0 Å². The molecule has 1 aliphatic heterocycles. The van der Waals surface area contributed by atoms with Gasteiger partial charge in [-0.3, -0.25) is 4.79 Å². The zero-order valence-corrected chi connectivity index (χ0v) is 20.0. The maximum Gasteiger partial charge on any atom is 0.251 e. The third-order valence-electron chi connectivity index (χ3n) is 5.65. The number of hydrogen-bond acceptors (Lipinski definition) is 4. The van der Waals surface area contributed by atoms with Crippen LogP contribution in [0.2, 0.25) is 5.02 Å². The number of aromatic amines is 1. The summed E-state index contributed by atoms with van der Waals surface area (Å²) in [6.07, 6.45) is 5.64. The largest absolute Gasteiger partial charge is 0.378 e. The van der Waals surface area contributed by atoms with Crippen molar-refractivity contribution in [2.24, 2.45) is 0 Å². The number of rotatable bonds is 4. The van der Waals surface area contributed by atoms with Gasteiger partial charge in [0.05, 0.1) is 31.6 Å². The van der Waals surface area contributed by atoms with E-state index in [0.29, 0.717) is 11.6 Å². The molecule has 3 aromatic heterocycles. The Bertz CT molecular complexity index is 1290. The maximum atomic E-state index is 12.8. The summed E-state index contributed by atoms with van der Waals surface area (Å²) < 4.78 is 7.15. The molecule has 1 aliphatic rings. The molecule has 1 N–H and O–H groups in total. The van der Waals surface area contributed by atoms with Crippen LogP contribution in [0.25, 0.3) is 22.2 Å². The summed E-state index contributed by atoms with van der Waals surface area (Å²) in [6, 6.07) is 11.6. The highest BCUT2D eigenvalue weighted by molar-refractivity contribution is 6.30. The van der Waals surface area contributed by atoms with Crippen LogP contribution in [-0.4, -0.2) is 40.8 Å². The Morgan fingerprint density at radius 2 is 1.91 bits per heavy atom. The van der Waals surface area contributed by atoms with Gasteiger partial charge in [0.25, 0.3) is 5.56 Å². The van der Waals surface area contributed by atoms with Gasteiger partial charge in [0.15, 0.2) is 0 Å². The number of nitrogens with one attached hydrogen (secondary N) is 1. The van der Waals surface area contributed by atoms with Crippen molar-refractivity contribution in [3.05, 3.63) is 81.5 Å². The van der Waals surface area contributed by atoms with Gasteiger partial charge < -0.3 is 19.2 Å². The molecule has 0 bridgehead atoms. The molecule has 4 aromatic rings. The van der Waals surface area contributed by atoms with Gasteiger partial charge in [-0.05, 0) is 47.9 Å². The van der Waals surface area contributed by atoms with Crippen LogP contribution in [0, 0.1) is 6.92 Å². The number of aromatic nitrogens is 3. The lowest BCUT2D eigenvalue weighted by atomic mass is 10.1. The summed E-state index contributed by atoms with van der Waals surface area (Å²) in [7, 11) is 0. The first-order valence-electron chi connectivity index (χ1n) is 11.3. The van der Waals surface area contributed by atoms with Crippen LogP contribution >= 0.6 is 11.6 Å². The SMILES string of the molecule is CC.Cc1cc(Cl)cc(Cn2ccc(-c3c[nH]c4ncc(N5CCOCC5)cc34)cc2=O)c1. The van der Waals surface area contributed by atoms with Gasteiger partial charge in [0.1, 0.15) is 5.65 Å². The average Bonchev–Trinajstić information content (AvgIpc) is 3.25. The molecule has 0 atom stereocenters. The first kappa shape index (κ1) is 23.1. The second kappa shape index (κ2) is 10.2.